The Bertz CT molecular complexity index is 256. The maximum atomic E-state index is 12.1. The van der Waals surface area contributed by atoms with E-state index >= 15 is 0 Å². The van der Waals surface area contributed by atoms with Crippen LogP contribution in [-0.2, 0) is 4.79 Å². The van der Waals surface area contributed by atoms with Crippen LogP contribution in [0.25, 0.3) is 0 Å². The Kier molecular flexibility index (Phi) is 8.50. The van der Waals surface area contributed by atoms with E-state index in [1.54, 1.807) is 11.8 Å². The number of nitrogens with two attached hydrogens (primary N) is 1. The highest BCUT2D eigenvalue weighted by Gasteiger charge is 2.25. The van der Waals surface area contributed by atoms with Crippen LogP contribution in [-0.4, -0.2) is 53.2 Å². The fourth-order valence-corrected chi connectivity index (χ4v) is 3.21. The fourth-order valence-electron chi connectivity index (χ4n) is 2.52. The molecule has 0 bridgehead atoms. The van der Waals surface area contributed by atoms with E-state index in [2.05, 4.69) is 6.92 Å². The van der Waals surface area contributed by atoms with Crippen LogP contribution >= 0.6 is 11.8 Å². The summed E-state index contributed by atoms with van der Waals surface area (Å²) in [6.07, 6.45) is 6.11. The Morgan fingerprint density at radius 1 is 1.47 bits per heavy atom. The lowest BCUT2D eigenvalue weighted by atomic mass is 9.91. The maximum absolute atomic E-state index is 12.1. The Morgan fingerprint density at radius 2 is 2.16 bits per heavy atom. The van der Waals surface area contributed by atoms with Gasteiger partial charge in [0.1, 0.15) is 0 Å². The molecule has 1 rings (SSSR count). The quantitative estimate of drug-likeness (QED) is 0.664. The molecule has 1 unspecified atom stereocenters. The molecule has 0 spiro atoms. The van der Waals surface area contributed by atoms with E-state index in [-0.39, 0.29) is 12.5 Å². The molecule has 0 saturated carbocycles. The van der Waals surface area contributed by atoms with Crippen LogP contribution in [0.5, 0.6) is 0 Å². The molecule has 19 heavy (non-hydrogen) atoms. The van der Waals surface area contributed by atoms with Crippen molar-refractivity contribution in [2.24, 2.45) is 11.7 Å². The highest BCUT2D eigenvalue weighted by molar-refractivity contribution is 7.99. The molecule has 0 radical (unpaired) electrons. The van der Waals surface area contributed by atoms with Gasteiger partial charge in [-0.25, -0.2) is 0 Å². The maximum Gasteiger partial charge on any atom is 0.240 e. The number of likely N-dealkylation sites (tertiary alicyclic amines) is 1. The van der Waals surface area contributed by atoms with Gasteiger partial charge in [0.05, 0.1) is 12.6 Å². The van der Waals surface area contributed by atoms with Crippen molar-refractivity contribution in [3.8, 4) is 0 Å². The van der Waals surface area contributed by atoms with Gasteiger partial charge in [-0.3, -0.25) is 4.79 Å². The number of hydrogen-bond donors (Lipinski definition) is 2. The summed E-state index contributed by atoms with van der Waals surface area (Å²) < 4.78 is 0. The molecule has 1 amide bonds. The molecule has 1 heterocycles. The van der Waals surface area contributed by atoms with Gasteiger partial charge < -0.3 is 15.7 Å². The van der Waals surface area contributed by atoms with Crippen molar-refractivity contribution in [1.82, 2.24) is 4.90 Å². The summed E-state index contributed by atoms with van der Waals surface area (Å²) >= 11 is 1.54. The third-order valence-corrected chi connectivity index (χ3v) is 4.81. The molecule has 112 valence electrons. The summed E-state index contributed by atoms with van der Waals surface area (Å²) in [5.41, 5.74) is 5.91. The molecule has 4 nitrogen and oxygen atoms in total. The summed E-state index contributed by atoms with van der Waals surface area (Å²) in [4.78, 5) is 14.1. The average molecular weight is 288 g/mol. The fraction of sp³-hybridized carbons (Fsp3) is 0.929. The van der Waals surface area contributed by atoms with Crippen LogP contribution in [0.4, 0.5) is 0 Å². The zero-order valence-corrected chi connectivity index (χ0v) is 12.8. The molecular formula is C14H28N2O2S. The van der Waals surface area contributed by atoms with E-state index in [4.69, 9.17) is 10.8 Å². The standard InChI is InChI=1S/C14H28N2O2S/c1-2-3-4-12-5-7-16(8-6-12)14(18)13(15)11-19-10-9-17/h12-13,17H,2-11,15H2,1H3. The monoisotopic (exact) mass is 288 g/mol. The van der Waals surface area contributed by atoms with Gasteiger partial charge in [0, 0.05) is 24.6 Å². The molecule has 5 heteroatoms. The minimum absolute atomic E-state index is 0.0828. The molecule has 1 saturated heterocycles. The zero-order chi connectivity index (χ0) is 14.1. The van der Waals surface area contributed by atoms with Crippen molar-refractivity contribution in [3.63, 3.8) is 0 Å². The van der Waals surface area contributed by atoms with Gasteiger partial charge in [0.15, 0.2) is 0 Å². The van der Waals surface area contributed by atoms with E-state index < -0.39 is 6.04 Å². The lowest BCUT2D eigenvalue weighted by molar-refractivity contribution is -0.133. The molecule has 0 aromatic carbocycles. The van der Waals surface area contributed by atoms with Gasteiger partial charge in [-0.1, -0.05) is 26.2 Å². The van der Waals surface area contributed by atoms with Gasteiger partial charge in [-0.05, 0) is 18.8 Å². The summed E-state index contributed by atoms with van der Waals surface area (Å²) in [6, 6.07) is -0.413. The number of rotatable bonds is 8. The SMILES string of the molecule is CCCCC1CCN(C(=O)C(N)CSCCO)CC1. The van der Waals surface area contributed by atoms with Gasteiger partial charge in [0.25, 0.3) is 0 Å². The molecule has 1 aliphatic heterocycles. The molecule has 1 aliphatic rings. The van der Waals surface area contributed by atoms with Gasteiger partial charge >= 0.3 is 0 Å². The van der Waals surface area contributed by atoms with E-state index in [1.165, 1.54) is 19.3 Å². The minimum Gasteiger partial charge on any atom is -0.396 e. The first-order valence-electron chi connectivity index (χ1n) is 7.42. The number of carbonyl (C=O) groups is 1. The number of carbonyl (C=O) groups excluding carboxylic acids is 1. The van der Waals surface area contributed by atoms with Crippen molar-refractivity contribution >= 4 is 17.7 Å². The number of hydrogen-bond acceptors (Lipinski definition) is 4. The second-order valence-electron chi connectivity index (χ2n) is 5.32. The van der Waals surface area contributed by atoms with Crippen LogP contribution in [0.2, 0.25) is 0 Å². The Balaban J connectivity index is 2.24. The molecule has 0 aromatic heterocycles. The van der Waals surface area contributed by atoms with Crippen LogP contribution in [0.15, 0.2) is 0 Å². The van der Waals surface area contributed by atoms with Gasteiger partial charge in [0.2, 0.25) is 5.91 Å². The van der Waals surface area contributed by atoms with Crippen molar-refractivity contribution in [3.05, 3.63) is 0 Å². The molecule has 1 atom stereocenters. The van der Waals surface area contributed by atoms with Crippen LogP contribution < -0.4 is 5.73 Å². The summed E-state index contributed by atoms with van der Waals surface area (Å²) in [7, 11) is 0. The second kappa shape index (κ2) is 9.61. The first-order valence-corrected chi connectivity index (χ1v) is 8.57. The average Bonchev–Trinajstić information content (AvgIpc) is 2.45. The number of unbranched alkanes of at least 4 members (excludes halogenated alkanes) is 1. The van der Waals surface area contributed by atoms with Crippen LogP contribution in [0, 0.1) is 5.92 Å². The van der Waals surface area contributed by atoms with Crippen LogP contribution in [0.3, 0.4) is 0 Å². The van der Waals surface area contributed by atoms with Crippen molar-refractivity contribution in [2.45, 2.75) is 45.1 Å². The third kappa shape index (κ3) is 6.15. The zero-order valence-electron chi connectivity index (χ0n) is 12.0. The summed E-state index contributed by atoms with van der Waals surface area (Å²) in [6.45, 7) is 4.10. The second-order valence-corrected chi connectivity index (χ2v) is 6.47. The van der Waals surface area contributed by atoms with Crippen molar-refractivity contribution in [1.29, 1.82) is 0 Å². The predicted molar refractivity (Wildman–Crippen MR) is 81.2 cm³/mol. The lowest BCUT2D eigenvalue weighted by Crippen LogP contribution is -2.48. The van der Waals surface area contributed by atoms with E-state index in [9.17, 15) is 4.79 Å². The summed E-state index contributed by atoms with van der Waals surface area (Å²) in [5, 5.41) is 8.71. The van der Waals surface area contributed by atoms with Crippen molar-refractivity contribution < 1.29 is 9.90 Å². The Labute approximate surface area is 121 Å². The highest BCUT2D eigenvalue weighted by atomic mass is 32.2. The van der Waals surface area contributed by atoms with Gasteiger partial charge in [-0.2, -0.15) is 11.8 Å². The Hall–Kier alpha value is -0.260. The first-order chi connectivity index (χ1) is 9.19. The number of aliphatic hydroxyl groups excluding tert-OH is 1. The topological polar surface area (TPSA) is 66.6 Å². The molecular weight excluding hydrogens is 260 g/mol. The third-order valence-electron chi connectivity index (χ3n) is 3.74. The number of thioether (sulfide) groups is 1. The van der Waals surface area contributed by atoms with E-state index in [0.717, 1.165) is 31.8 Å². The normalized spacial score (nSPS) is 18.6. The lowest BCUT2D eigenvalue weighted by Gasteiger charge is -2.33. The van der Waals surface area contributed by atoms with E-state index in [1.807, 2.05) is 4.90 Å². The number of aliphatic hydroxyl groups is 1. The molecule has 3 N–H and O–H groups in total. The number of piperidine rings is 1. The highest BCUT2D eigenvalue weighted by Crippen LogP contribution is 2.23. The smallest absolute Gasteiger partial charge is 0.240 e. The molecule has 0 aliphatic carbocycles. The molecule has 1 fully saturated rings. The Morgan fingerprint density at radius 3 is 2.74 bits per heavy atom. The number of amides is 1. The largest absolute Gasteiger partial charge is 0.396 e. The minimum atomic E-state index is -0.413. The molecule has 0 aromatic rings. The first kappa shape index (κ1) is 16.8. The van der Waals surface area contributed by atoms with Crippen LogP contribution in [0.1, 0.15) is 39.0 Å². The summed E-state index contributed by atoms with van der Waals surface area (Å²) in [5.74, 6) is 2.14. The predicted octanol–water partition coefficient (Wildman–Crippen LogP) is 1.47. The van der Waals surface area contributed by atoms with Crippen molar-refractivity contribution in [2.75, 3.05) is 31.2 Å². The van der Waals surface area contributed by atoms with E-state index in [0.29, 0.717) is 11.5 Å². The van der Waals surface area contributed by atoms with Gasteiger partial charge in [-0.15, -0.1) is 0 Å². The number of nitrogens with zero attached hydrogens (tertiary/aromatic N) is 1.